The fourth-order valence-corrected chi connectivity index (χ4v) is 14.9. The molecule has 13 atom stereocenters. The van der Waals surface area contributed by atoms with Gasteiger partial charge in [0, 0.05) is 93.8 Å². The highest BCUT2D eigenvalue weighted by Gasteiger charge is 2.39. The van der Waals surface area contributed by atoms with Crippen LogP contribution in [0.3, 0.4) is 0 Å². The monoisotopic (exact) mass is 1580 g/mol. The molecule has 21 heteroatoms. The second-order valence-electron chi connectivity index (χ2n) is 29.3. The Bertz CT molecular complexity index is 3180. The molecule has 4 aromatic carbocycles. The van der Waals surface area contributed by atoms with Crippen LogP contribution in [0, 0.1) is 53.3 Å². The number of aliphatic hydroxyl groups is 1. The molecular formula is C85H127IN6O14. The second kappa shape index (κ2) is 50.9. The summed E-state index contributed by atoms with van der Waals surface area (Å²) in [7, 11) is 3.83. The molecule has 5 saturated heterocycles. The minimum atomic E-state index is -0.737. The Morgan fingerprint density at radius 1 is 0.528 bits per heavy atom. The number of hydrogen-bond donors (Lipinski definition) is 4. The van der Waals surface area contributed by atoms with Crippen molar-refractivity contribution in [2.75, 3.05) is 71.6 Å². The van der Waals surface area contributed by atoms with Crippen LogP contribution >= 0.6 is 22.6 Å². The zero-order chi connectivity index (χ0) is 78.8. The van der Waals surface area contributed by atoms with Crippen LogP contribution in [0.1, 0.15) is 218 Å². The summed E-state index contributed by atoms with van der Waals surface area (Å²) in [6.07, 6.45) is 13.8. The maximum Gasteiger partial charge on any atom is 0.333 e. The minimum absolute atomic E-state index is 0.00615. The van der Waals surface area contributed by atoms with Crippen molar-refractivity contribution in [2.45, 2.75) is 196 Å². The van der Waals surface area contributed by atoms with Gasteiger partial charge in [-0.3, -0.25) is 38.4 Å². The number of esters is 3. The van der Waals surface area contributed by atoms with E-state index >= 15 is 0 Å². The molecule has 5 heterocycles. The van der Waals surface area contributed by atoms with Crippen LogP contribution in [0.4, 0.5) is 0 Å². The number of rotatable bonds is 29. The summed E-state index contributed by atoms with van der Waals surface area (Å²) in [5.74, 6) is 2.67. The third kappa shape index (κ3) is 33.3. The van der Waals surface area contributed by atoms with Crippen molar-refractivity contribution in [1.29, 1.82) is 0 Å². The number of carbonyl (C=O) groups excluding carboxylic acids is 8. The van der Waals surface area contributed by atoms with Gasteiger partial charge < -0.3 is 55.1 Å². The zero-order valence-electron chi connectivity index (χ0n) is 65.8. The van der Waals surface area contributed by atoms with Gasteiger partial charge in [0.2, 0.25) is 29.5 Å². The van der Waals surface area contributed by atoms with Crippen LogP contribution in [-0.2, 0) is 57.4 Å². The summed E-state index contributed by atoms with van der Waals surface area (Å²) in [5, 5.41) is 20.6. The predicted octanol–water partition coefficient (Wildman–Crippen LogP) is 14.9. The Hall–Kier alpha value is -7.50. The number of alkyl halides is 1. The molecule has 3 unspecified atom stereocenters. The third-order valence-corrected chi connectivity index (χ3v) is 21.6. The Labute approximate surface area is 647 Å². The number of aliphatic carboxylic acids is 1. The average Bonchev–Trinajstić information content (AvgIpc) is 1.71. The Balaban J connectivity index is 0.000000324. The molecule has 5 aliphatic rings. The van der Waals surface area contributed by atoms with E-state index in [9.17, 15) is 43.2 Å². The van der Waals surface area contributed by atoms with Crippen LogP contribution in [-0.4, -0.2) is 155 Å². The normalized spacial score (nSPS) is 20.2. The Kier molecular flexibility index (Phi) is 44.6. The number of aliphatic hydroxyl groups excluding tert-OH is 1. The first kappa shape index (κ1) is 92.7. The molecule has 9 rings (SSSR count). The molecule has 5 amide bonds. The third-order valence-electron chi connectivity index (χ3n) is 20.4. The van der Waals surface area contributed by atoms with Gasteiger partial charge in [-0.1, -0.05) is 231 Å². The van der Waals surface area contributed by atoms with Crippen LogP contribution in [0.2, 0.25) is 0 Å². The number of hydrogen-bond acceptors (Lipinski definition) is 14. The van der Waals surface area contributed by atoms with E-state index in [1.54, 1.807) is 4.90 Å². The molecule has 4 aromatic rings. The maximum atomic E-state index is 12.3. The van der Waals surface area contributed by atoms with Gasteiger partial charge >= 0.3 is 23.9 Å². The molecule has 5 aliphatic heterocycles. The van der Waals surface area contributed by atoms with Crippen molar-refractivity contribution >= 4 is 76.0 Å². The first-order chi connectivity index (χ1) is 50.6. The SMILES string of the molecule is C=C(CC(=O)OC)C(=O)OC.CCCC(C)C[C@@H]1CNC(=O)C1.CCCC(C)C[C@H](CN)CC(=O)O.CCCC(C)C[C@H]1CC(=O)N([C@@H](C)c2ccccc2)C1.COC(=O)[C@H]1CC(=O)N([C@@H](C)c2ccccc2)C1.C[C@@H](c1ccccc1)N1C[C@@H](CI)CC1=O.C[C@@H](c1ccccc1)N1C[C@@H](CO)CC1=O. The highest BCUT2D eigenvalue weighted by molar-refractivity contribution is 14.1. The van der Waals surface area contributed by atoms with E-state index in [-0.39, 0.29) is 97.1 Å². The number of carboxylic acid groups (broad SMARTS) is 1. The van der Waals surface area contributed by atoms with Crippen LogP contribution in [0.5, 0.6) is 0 Å². The van der Waals surface area contributed by atoms with Crippen molar-refractivity contribution in [3.63, 3.8) is 0 Å². The summed E-state index contributed by atoms with van der Waals surface area (Å²) in [6.45, 7) is 29.4. The highest BCUT2D eigenvalue weighted by atomic mass is 127. The lowest BCUT2D eigenvalue weighted by atomic mass is 9.90. The smallest absolute Gasteiger partial charge is 0.333 e. The average molecular weight is 1580 g/mol. The van der Waals surface area contributed by atoms with Crippen molar-refractivity contribution in [3.8, 4) is 0 Å². The number of amides is 5. The number of methoxy groups -OCH3 is 3. The predicted molar refractivity (Wildman–Crippen MR) is 426 cm³/mol. The standard InChI is InChI=1S/C18H27NO.C14H17NO3.C13H16INO.C13H17NO2.C10H21NO2.C10H19NO.C7H10O4/c1-4-8-14(2)11-16-12-18(20)19(13-16)15(3)17-9-6-5-7-10-17;1-10(11-6-4-3-5-7-11)15-9-12(8-13(15)16)14(17)18-2;1-10(12-5-3-2-4-6-12)15-9-11(8-14)7-13(15)16;1-10(12-5-3-2-4-6-12)14-8-11(9-15)7-13(14)16;1-3-4-8(2)5-9(7-11)6-10(12)13;1-3-4-8(2)5-9-6-10(12)11-7-9;1-5(7(9)11-3)4-6(8)10-2/h5-7,9-10,14-16H,4,8,11-13H2,1-3H3;3-7,10,12H,8-9H2,1-2H3;2-6,10-11H,7-9H2,1H3;2-6,10-11,15H,7-9H2,1H3;8-9H,3-7,11H2,1-2H3,(H,12,13);8-9H,3-7H2,1-2H3,(H,11,12);1,4H2,2-3H3/t14?,15-,16-;10-,12-;10-,11+;10-,11-;2*8?,9-;/m000000./s1. The topological polar surface area (TPSA) is 273 Å². The van der Waals surface area contributed by atoms with Gasteiger partial charge in [0.25, 0.3) is 0 Å². The molecule has 0 bridgehead atoms. The minimum Gasteiger partial charge on any atom is -0.481 e. The summed E-state index contributed by atoms with van der Waals surface area (Å²) in [6, 6.07) is 40.9. The summed E-state index contributed by atoms with van der Waals surface area (Å²) >= 11 is 2.37. The number of carbonyl (C=O) groups is 9. The first-order valence-corrected chi connectivity index (χ1v) is 39.8. The molecule has 0 saturated carbocycles. The van der Waals surface area contributed by atoms with Gasteiger partial charge in [-0.2, -0.15) is 0 Å². The molecule has 0 aromatic heterocycles. The fraction of sp³-hybridized carbons (Fsp3) is 0.588. The summed E-state index contributed by atoms with van der Waals surface area (Å²) in [4.78, 5) is 110. The van der Waals surface area contributed by atoms with Crippen LogP contribution < -0.4 is 11.1 Å². The van der Waals surface area contributed by atoms with E-state index in [1.807, 2.05) is 121 Å². The largest absolute Gasteiger partial charge is 0.481 e. The van der Waals surface area contributed by atoms with E-state index < -0.39 is 17.9 Å². The molecule has 106 heavy (non-hydrogen) atoms. The highest BCUT2D eigenvalue weighted by Crippen LogP contribution is 2.35. The van der Waals surface area contributed by atoms with Gasteiger partial charge in [0.05, 0.1) is 57.8 Å². The van der Waals surface area contributed by atoms with Crippen molar-refractivity contribution < 1.29 is 67.6 Å². The number of nitrogens with two attached hydrogens (primary N) is 1. The molecule has 0 spiro atoms. The van der Waals surface area contributed by atoms with Crippen LogP contribution in [0.25, 0.3) is 0 Å². The molecule has 0 radical (unpaired) electrons. The lowest BCUT2D eigenvalue weighted by Gasteiger charge is -2.25. The van der Waals surface area contributed by atoms with E-state index in [1.165, 1.54) is 71.0 Å². The van der Waals surface area contributed by atoms with Gasteiger partial charge in [0.15, 0.2) is 0 Å². The number of benzene rings is 4. The number of nitrogens with zero attached hydrogens (tertiary/aromatic N) is 4. The maximum absolute atomic E-state index is 12.3. The number of ether oxygens (including phenoxy) is 3. The lowest BCUT2D eigenvalue weighted by Crippen LogP contribution is -2.29. The van der Waals surface area contributed by atoms with Gasteiger partial charge in [-0.15, -0.1) is 0 Å². The molecule has 5 N–H and O–H groups in total. The second-order valence-corrected chi connectivity index (χ2v) is 30.2. The molecule has 588 valence electrons. The summed E-state index contributed by atoms with van der Waals surface area (Å²) in [5.41, 5.74) is 10.3. The van der Waals surface area contributed by atoms with E-state index in [4.69, 9.17) is 20.7 Å². The number of likely N-dealkylation sites (tertiary alicyclic amines) is 4. The lowest BCUT2D eigenvalue weighted by molar-refractivity contribution is -0.145. The number of halogens is 1. The Morgan fingerprint density at radius 2 is 0.906 bits per heavy atom. The van der Waals surface area contributed by atoms with Gasteiger partial charge in [-0.05, 0) is 117 Å². The summed E-state index contributed by atoms with van der Waals surface area (Å²) < 4.78 is 14.4. The first-order valence-electron chi connectivity index (χ1n) is 38.3. The van der Waals surface area contributed by atoms with Crippen molar-refractivity contribution in [1.82, 2.24) is 24.9 Å². The van der Waals surface area contributed by atoms with E-state index in [0.29, 0.717) is 61.5 Å². The Morgan fingerprint density at radius 3 is 1.25 bits per heavy atom. The van der Waals surface area contributed by atoms with Crippen molar-refractivity contribution in [2.24, 2.45) is 59.0 Å². The fourth-order valence-electron chi connectivity index (χ4n) is 14.4. The van der Waals surface area contributed by atoms with Gasteiger partial charge in [0.1, 0.15) is 0 Å². The molecule has 5 fully saturated rings. The van der Waals surface area contributed by atoms with E-state index in [0.717, 1.165) is 85.5 Å². The van der Waals surface area contributed by atoms with Crippen LogP contribution in [0.15, 0.2) is 133 Å². The van der Waals surface area contributed by atoms with Crippen molar-refractivity contribution in [3.05, 3.63) is 156 Å². The van der Waals surface area contributed by atoms with E-state index in [2.05, 4.69) is 129 Å². The molecule has 20 nitrogen and oxygen atoms in total. The quantitative estimate of drug-likeness (QED) is 0.0129. The number of carboxylic acids is 1. The molecule has 0 aliphatic carbocycles. The van der Waals surface area contributed by atoms with Gasteiger partial charge in [-0.25, -0.2) is 4.79 Å². The molecular weight excluding hydrogens is 1460 g/mol. The number of nitrogens with one attached hydrogen (secondary N) is 1. The zero-order valence-corrected chi connectivity index (χ0v) is 67.9.